The molecule has 0 bridgehead atoms. The van der Waals surface area contributed by atoms with Crippen LogP contribution in [0.25, 0.3) is 0 Å². The number of hydrogen-bond donors (Lipinski definition) is 0. The lowest BCUT2D eigenvalue weighted by Crippen LogP contribution is -2.43. The highest BCUT2D eigenvalue weighted by Crippen LogP contribution is 2.32. The van der Waals surface area contributed by atoms with E-state index in [1.165, 1.54) is 18.0 Å². The number of carbonyl (C=O) groups is 5. The van der Waals surface area contributed by atoms with Crippen molar-refractivity contribution in [2.75, 3.05) is 43.3 Å². The number of carbonyl (C=O) groups excluding carboxylic acids is 5. The van der Waals surface area contributed by atoms with Crippen LogP contribution >= 0.6 is 0 Å². The molecule has 0 saturated carbocycles. The van der Waals surface area contributed by atoms with Crippen LogP contribution in [-0.4, -0.2) is 94.9 Å². The molecule has 0 aliphatic carbocycles. The molecule has 2 aromatic rings. The van der Waals surface area contributed by atoms with Crippen molar-refractivity contribution in [2.24, 2.45) is 7.05 Å². The fourth-order valence-electron chi connectivity index (χ4n) is 4.61. The first-order valence-corrected chi connectivity index (χ1v) is 13.7. The molecule has 0 unspecified atom stereocenters. The second-order valence-corrected chi connectivity index (χ2v) is 11.4. The minimum atomic E-state index is -1.14. The molecule has 4 rings (SSSR count). The number of fused-ring (bicyclic) bond motifs is 1. The molecular formula is C28H35FN6O9. The molecule has 44 heavy (non-hydrogen) atoms. The van der Waals surface area contributed by atoms with Gasteiger partial charge in [-0.15, -0.1) is 0 Å². The van der Waals surface area contributed by atoms with Gasteiger partial charge in [-0.25, -0.2) is 23.7 Å². The Morgan fingerprint density at radius 1 is 1.14 bits per heavy atom. The molecule has 2 aliphatic heterocycles. The topological polar surface area (TPSA) is 153 Å². The molecule has 2 aliphatic rings. The van der Waals surface area contributed by atoms with Crippen molar-refractivity contribution in [3.63, 3.8) is 0 Å². The average molecular weight is 619 g/mol. The maximum absolute atomic E-state index is 15.1. The highest BCUT2D eigenvalue weighted by Gasteiger charge is 2.36. The zero-order valence-corrected chi connectivity index (χ0v) is 25.4. The lowest BCUT2D eigenvalue weighted by molar-refractivity contribution is -0.153. The summed E-state index contributed by atoms with van der Waals surface area (Å²) in [5.41, 5.74) is 1.74. The maximum atomic E-state index is 15.1. The lowest BCUT2D eigenvalue weighted by atomic mass is 10.2. The third kappa shape index (κ3) is 7.73. The summed E-state index contributed by atoms with van der Waals surface area (Å²) in [6, 6.07) is 4.38. The van der Waals surface area contributed by atoms with Gasteiger partial charge in [0.25, 0.3) is 0 Å². The lowest BCUT2D eigenvalue weighted by Gasteiger charge is -2.24. The Morgan fingerprint density at radius 2 is 1.86 bits per heavy atom. The van der Waals surface area contributed by atoms with Crippen LogP contribution in [0.15, 0.2) is 24.4 Å². The third-order valence-corrected chi connectivity index (χ3v) is 6.61. The van der Waals surface area contributed by atoms with Gasteiger partial charge in [-0.1, -0.05) is 0 Å². The van der Waals surface area contributed by atoms with Crippen LogP contribution in [0.2, 0.25) is 0 Å². The molecule has 0 radical (unpaired) electrons. The standard InChI is InChI=1S/C28H35FN6O9/c1-17(36)34(26(39)42-16-41-24(37)15-31(5)25(38)44-28(2,3)4)12-20-13-35(27(40)43-20)19-7-8-23(21(29)9-19)33-11-18-10-32(6)30-22(18)14-33/h7-10,20H,11-16H2,1-6H3/t20-/m0/s1. The van der Waals surface area contributed by atoms with Crippen LogP contribution in [0, 0.1) is 5.82 Å². The Labute approximate surface area is 252 Å². The van der Waals surface area contributed by atoms with Crippen molar-refractivity contribution in [1.82, 2.24) is 19.6 Å². The molecule has 4 amide bonds. The first-order chi connectivity index (χ1) is 20.6. The van der Waals surface area contributed by atoms with Gasteiger partial charge in [0.1, 0.15) is 24.1 Å². The number of aromatic nitrogens is 2. The van der Waals surface area contributed by atoms with Crippen molar-refractivity contribution < 1.29 is 47.3 Å². The fourth-order valence-corrected chi connectivity index (χ4v) is 4.61. The largest absolute Gasteiger partial charge is 0.444 e. The van der Waals surface area contributed by atoms with E-state index >= 15 is 4.39 Å². The van der Waals surface area contributed by atoms with Gasteiger partial charge in [0, 0.05) is 39.3 Å². The number of anilines is 2. The van der Waals surface area contributed by atoms with Crippen molar-refractivity contribution >= 4 is 41.5 Å². The van der Waals surface area contributed by atoms with Crippen LogP contribution in [-0.2, 0) is 48.7 Å². The second-order valence-electron chi connectivity index (χ2n) is 11.4. The normalized spacial score (nSPS) is 15.9. The van der Waals surface area contributed by atoms with E-state index < -0.39 is 61.0 Å². The maximum Gasteiger partial charge on any atom is 0.419 e. The van der Waals surface area contributed by atoms with Crippen LogP contribution in [0.5, 0.6) is 0 Å². The Morgan fingerprint density at radius 3 is 2.50 bits per heavy atom. The minimum absolute atomic E-state index is 0.0690. The van der Waals surface area contributed by atoms with Crippen molar-refractivity contribution in [3.8, 4) is 0 Å². The van der Waals surface area contributed by atoms with E-state index in [0.717, 1.165) is 23.1 Å². The summed E-state index contributed by atoms with van der Waals surface area (Å²) in [6.07, 6.45) is -1.71. The number of cyclic esters (lactones) is 1. The first-order valence-electron chi connectivity index (χ1n) is 13.7. The molecule has 1 aromatic heterocycles. The molecular weight excluding hydrogens is 583 g/mol. The SMILES string of the molecule is CC(=O)N(C[C@H]1CN(c2ccc(N3Cc4cn(C)nc4C3)c(F)c2)C(=O)O1)C(=O)OCOC(=O)CN(C)C(=O)OC(C)(C)C. The molecule has 238 valence electrons. The van der Waals surface area contributed by atoms with Gasteiger partial charge in [-0.2, -0.15) is 5.10 Å². The predicted molar refractivity (Wildman–Crippen MR) is 151 cm³/mol. The van der Waals surface area contributed by atoms with E-state index in [1.807, 2.05) is 18.1 Å². The number of nitrogens with zero attached hydrogens (tertiary/aromatic N) is 6. The Hall–Kier alpha value is -4.89. The highest BCUT2D eigenvalue weighted by molar-refractivity contribution is 5.92. The summed E-state index contributed by atoms with van der Waals surface area (Å²) in [7, 11) is 3.16. The van der Waals surface area contributed by atoms with Gasteiger partial charge < -0.3 is 28.7 Å². The number of benzene rings is 1. The zero-order valence-electron chi connectivity index (χ0n) is 25.4. The molecule has 1 saturated heterocycles. The summed E-state index contributed by atoms with van der Waals surface area (Å²) in [6.45, 7) is 5.36. The number of likely N-dealkylation sites (N-methyl/N-ethyl adjacent to an activating group) is 1. The van der Waals surface area contributed by atoms with E-state index in [2.05, 4.69) is 5.10 Å². The summed E-state index contributed by atoms with van der Waals surface area (Å²) in [4.78, 5) is 66.0. The van der Waals surface area contributed by atoms with Gasteiger partial charge in [-0.3, -0.25) is 19.2 Å². The molecule has 1 fully saturated rings. The van der Waals surface area contributed by atoms with Gasteiger partial charge >= 0.3 is 24.2 Å². The monoisotopic (exact) mass is 618 g/mol. The summed E-state index contributed by atoms with van der Waals surface area (Å²) >= 11 is 0. The van der Waals surface area contributed by atoms with Gasteiger partial charge in [0.15, 0.2) is 0 Å². The number of rotatable bonds is 8. The van der Waals surface area contributed by atoms with Crippen LogP contribution in [0.3, 0.4) is 0 Å². The van der Waals surface area contributed by atoms with E-state index in [0.29, 0.717) is 23.7 Å². The van der Waals surface area contributed by atoms with Gasteiger partial charge in [0.2, 0.25) is 12.7 Å². The van der Waals surface area contributed by atoms with Crippen molar-refractivity contribution in [2.45, 2.75) is 52.5 Å². The molecule has 16 heteroatoms. The molecule has 0 N–H and O–H groups in total. The number of halogens is 1. The first kappa shape index (κ1) is 32.0. The molecule has 1 aromatic carbocycles. The van der Waals surface area contributed by atoms with E-state index in [-0.39, 0.29) is 18.8 Å². The number of imide groups is 1. The molecule has 1 atom stereocenters. The number of amides is 4. The van der Waals surface area contributed by atoms with Crippen molar-refractivity contribution in [3.05, 3.63) is 41.5 Å². The summed E-state index contributed by atoms with van der Waals surface area (Å²) in [5.74, 6) is -2.13. The predicted octanol–water partition coefficient (Wildman–Crippen LogP) is 2.76. The quantitative estimate of drug-likeness (QED) is 0.244. The van der Waals surface area contributed by atoms with Gasteiger partial charge in [-0.05, 0) is 39.0 Å². The number of ether oxygens (including phenoxy) is 4. The van der Waals surface area contributed by atoms with E-state index in [9.17, 15) is 24.0 Å². The fraction of sp³-hybridized carbons (Fsp3) is 0.500. The second kappa shape index (κ2) is 12.8. The smallest absolute Gasteiger partial charge is 0.419 e. The van der Waals surface area contributed by atoms with Crippen LogP contribution in [0.1, 0.15) is 39.0 Å². The van der Waals surface area contributed by atoms with Gasteiger partial charge in [0.05, 0.1) is 36.7 Å². The average Bonchev–Trinajstić information content (AvgIpc) is 3.58. The number of esters is 1. The van der Waals surface area contributed by atoms with E-state index in [4.69, 9.17) is 18.9 Å². The third-order valence-electron chi connectivity index (χ3n) is 6.61. The Balaban J connectivity index is 1.27. The Kier molecular flexibility index (Phi) is 9.30. The molecule has 3 heterocycles. The summed E-state index contributed by atoms with van der Waals surface area (Å²) < 4.78 is 37.0. The minimum Gasteiger partial charge on any atom is -0.444 e. The molecule has 15 nitrogen and oxygen atoms in total. The molecule has 0 spiro atoms. The van der Waals surface area contributed by atoms with Crippen LogP contribution in [0.4, 0.5) is 30.1 Å². The zero-order chi connectivity index (χ0) is 32.3. The van der Waals surface area contributed by atoms with Crippen molar-refractivity contribution in [1.29, 1.82) is 0 Å². The highest BCUT2D eigenvalue weighted by atomic mass is 19.1. The number of aryl methyl sites for hydroxylation is 1. The number of hydrogen-bond acceptors (Lipinski definition) is 11. The summed E-state index contributed by atoms with van der Waals surface area (Å²) in [5, 5.41) is 4.38. The van der Waals surface area contributed by atoms with Crippen LogP contribution < -0.4 is 9.80 Å². The van der Waals surface area contributed by atoms with E-state index in [1.54, 1.807) is 37.6 Å². The Bertz CT molecular complexity index is 1430.